The molecule has 2 fully saturated rings. The first-order valence-corrected chi connectivity index (χ1v) is 6.11. The predicted molar refractivity (Wildman–Crippen MR) is 60.3 cm³/mol. The maximum Gasteiger partial charge on any atom is 0.240 e. The van der Waals surface area contributed by atoms with Crippen LogP contribution in [-0.4, -0.2) is 17.5 Å². The highest BCUT2D eigenvalue weighted by Crippen LogP contribution is 2.34. The van der Waals surface area contributed by atoms with Crippen LogP contribution in [0.25, 0.3) is 0 Å². The van der Waals surface area contributed by atoms with Crippen LogP contribution < -0.4 is 11.1 Å². The number of hydrogen-bond donors (Lipinski definition) is 2. The van der Waals surface area contributed by atoms with Crippen LogP contribution in [0.1, 0.15) is 46.0 Å². The van der Waals surface area contributed by atoms with E-state index in [1.54, 1.807) is 0 Å². The highest BCUT2D eigenvalue weighted by atomic mass is 16.2. The summed E-state index contributed by atoms with van der Waals surface area (Å²) in [5.41, 5.74) is 5.36. The van der Waals surface area contributed by atoms with Crippen molar-refractivity contribution in [3.05, 3.63) is 0 Å². The lowest BCUT2D eigenvalue weighted by Crippen LogP contribution is -2.50. The van der Waals surface area contributed by atoms with E-state index in [2.05, 4.69) is 19.2 Å². The van der Waals surface area contributed by atoms with Crippen molar-refractivity contribution in [3.63, 3.8) is 0 Å². The maximum absolute atomic E-state index is 11.8. The molecule has 0 aliphatic heterocycles. The maximum atomic E-state index is 11.8. The minimum absolute atomic E-state index is 0.0777. The Bertz CT molecular complexity index is 260. The van der Waals surface area contributed by atoms with E-state index < -0.39 is 5.54 Å². The smallest absolute Gasteiger partial charge is 0.240 e. The Hall–Kier alpha value is -0.570. The molecule has 3 unspecified atom stereocenters. The van der Waals surface area contributed by atoms with Crippen molar-refractivity contribution in [2.24, 2.45) is 17.6 Å². The van der Waals surface area contributed by atoms with Gasteiger partial charge in [-0.25, -0.2) is 0 Å². The van der Waals surface area contributed by atoms with E-state index in [1.165, 1.54) is 12.8 Å². The number of nitrogens with two attached hydrogens (primary N) is 1. The molecule has 0 bridgehead atoms. The molecule has 0 aromatic carbocycles. The molecular formula is C12H22N2O. The molecule has 15 heavy (non-hydrogen) atoms. The zero-order valence-electron chi connectivity index (χ0n) is 9.75. The lowest BCUT2D eigenvalue weighted by Gasteiger charge is -2.33. The van der Waals surface area contributed by atoms with Gasteiger partial charge in [-0.05, 0) is 43.9 Å². The molecule has 0 aromatic heterocycles. The SMILES string of the molecule is CC1CCC(NC(=O)C2(N)CC2)C(C)C1. The number of rotatable bonds is 2. The van der Waals surface area contributed by atoms with E-state index in [1.807, 2.05) is 0 Å². The van der Waals surface area contributed by atoms with Gasteiger partial charge in [0.15, 0.2) is 0 Å². The molecule has 3 heteroatoms. The molecule has 3 nitrogen and oxygen atoms in total. The standard InChI is InChI=1S/C12H22N2O/c1-8-3-4-10(9(2)7-8)14-11(15)12(13)5-6-12/h8-10H,3-7,13H2,1-2H3,(H,14,15). The average Bonchev–Trinajstić information content (AvgIpc) is 2.90. The Kier molecular flexibility index (Phi) is 2.75. The zero-order chi connectivity index (χ0) is 11.1. The lowest BCUT2D eigenvalue weighted by molar-refractivity contribution is -0.124. The van der Waals surface area contributed by atoms with Gasteiger partial charge >= 0.3 is 0 Å². The second-order valence-electron chi connectivity index (χ2n) is 5.63. The van der Waals surface area contributed by atoms with E-state index >= 15 is 0 Å². The molecule has 2 rings (SSSR count). The van der Waals surface area contributed by atoms with Crippen molar-refractivity contribution in [1.82, 2.24) is 5.32 Å². The third kappa shape index (κ3) is 2.33. The summed E-state index contributed by atoms with van der Waals surface area (Å²) < 4.78 is 0. The van der Waals surface area contributed by atoms with Crippen molar-refractivity contribution in [2.75, 3.05) is 0 Å². The fourth-order valence-electron chi connectivity index (χ4n) is 2.55. The largest absolute Gasteiger partial charge is 0.352 e. The highest BCUT2D eigenvalue weighted by Gasteiger charge is 2.46. The van der Waals surface area contributed by atoms with E-state index in [-0.39, 0.29) is 5.91 Å². The Labute approximate surface area is 91.8 Å². The van der Waals surface area contributed by atoms with Gasteiger partial charge < -0.3 is 11.1 Å². The van der Waals surface area contributed by atoms with Crippen LogP contribution in [-0.2, 0) is 4.79 Å². The van der Waals surface area contributed by atoms with Crippen LogP contribution in [0, 0.1) is 11.8 Å². The summed E-state index contributed by atoms with van der Waals surface area (Å²) >= 11 is 0. The summed E-state index contributed by atoms with van der Waals surface area (Å²) in [4.78, 5) is 11.8. The molecule has 0 spiro atoms. The van der Waals surface area contributed by atoms with Crippen molar-refractivity contribution in [1.29, 1.82) is 0 Å². The van der Waals surface area contributed by atoms with Crippen LogP contribution >= 0.6 is 0 Å². The molecular weight excluding hydrogens is 188 g/mol. The Balaban J connectivity index is 1.86. The number of carbonyl (C=O) groups excluding carboxylic acids is 1. The first kappa shape index (κ1) is 10.9. The number of amides is 1. The third-order valence-electron chi connectivity index (χ3n) is 3.99. The summed E-state index contributed by atoms with van der Waals surface area (Å²) in [5, 5.41) is 3.13. The van der Waals surface area contributed by atoms with Crippen LogP contribution in [0.4, 0.5) is 0 Å². The van der Waals surface area contributed by atoms with Crippen LogP contribution in [0.5, 0.6) is 0 Å². The Morgan fingerprint density at radius 3 is 2.53 bits per heavy atom. The normalized spacial score (nSPS) is 38.5. The molecule has 86 valence electrons. The van der Waals surface area contributed by atoms with Crippen molar-refractivity contribution in [2.45, 2.75) is 57.5 Å². The second kappa shape index (κ2) is 3.78. The second-order valence-corrected chi connectivity index (χ2v) is 5.63. The Morgan fingerprint density at radius 1 is 1.33 bits per heavy atom. The fraction of sp³-hybridized carbons (Fsp3) is 0.917. The van der Waals surface area contributed by atoms with Crippen molar-refractivity contribution < 1.29 is 4.79 Å². The summed E-state index contributed by atoms with van der Waals surface area (Å²) in [6, 6.07) is 0.356. The molecule has 2 aliphatic rings. The van der Waals surface area contributed by atoms with E-state index in [4.69, 9.17) is 5.73 Å². The minimum atomic E-state index is -0.511. The number of hydrogen-bond acceptors (Lipinski definition) is 2. The first-order chi connectivity index (χ1) is 7.01. The lowest BCUT2D eigenvalue weighted by atomic mass is 9.80. The zero-order valence-corrected chi connectivity index (χ0v) is 9.75. The van der Waals surface area contributed by atoms with E-state index in [9.17, 15) is 4.79 Å². The predicted octanol–water partition coefficient (Wildman–Crippen LogP) is 1.42. The quantitative estimate of drug-likeness (QED) is 0.724. The van der Waals surface area contributed by atoms with E-state index in [0.717, 1.165) is 25.2 Å². The molecule has 0 radical (unpaired) electrons. The van der Waals surface area contributed by atoms with Gasteiger partial charge in [-0.15, -0.1) is 0 Å². The summed E-state index contributed by atoms with van der Waals surface area (Å²) in [6.45, 7) is 4.52. The fourth-order valence-corrected chi connectivity index (χ4v) is 2.55. The molecule has 2 aliphatic carbocycles. The minimum Gasteiger partial charge on any atom is -0.352 e. The molecule has 3 N–H and O–H groups in total. The third-order valence-corrected chi connectivity index (χ3v) is 3.99. The van der Waals surface area contributed by atoms with Gasteiger partial charge in [-0.2, -0.15) is 0 Å². The monoisotopic (exact) mass is 210 g/mol. The van der Waals surface area contributed by atoms with E-state index in [0.29, 0.717) is 12.0 Å². The topological polar surface area (TPSA) is 55.1 Å². The summed E-state index contributed by atoms with van der Waals surface area (Å²) in [5.74, 6) is 1.48. The van der Waals surface area contributed by atoms with Gasteiger partial charge in [-0.1, -0.05) is 13.8 Å². The highest BCUT2D eigenvalue weighted by molar-refractivity contribution is 5.89. The van der Waals surface area contributed by atoms with Gasteiger partial charge in [0.1, 0.15) is 0 Å². The summed E-state index contributed by atoms with van der Waals surface area (Å²) in [6.07, 6.45) is 5.28. The van der Waals surface area contributed by atoms with Gasteiger partial charge in [0.25, 0.3) is 0 Å². The molecule has 2 saturated carbocycles. The average molecular weight is 210 g/mol. The van der Waals surface area contributed by atoms with Crippen LogP contribution in [0.2, 0.25) is 0 Å². The molecule has 0 heterocycles. The molecule has 3 atom stereocenters. The van der Waals surface area contributed by atoms with Crippen molar-refractivity contribution >= 4 is 5.91 Å². The first-order valence-electron chi connectivity index (χ1n) is 6.11. The molecule has 0 saturated heterocycles. The van der Waals surface area contributed by atoms with Gasteiger partial charge in [-0.3, -0.25) is 4.79 Å². The van der Waals surface area contributed by atoms with Gasteiger partial charge in [0.05, 0.1) is 5.54 Å². The molecule has 1 amide bonds. The van der Waals surface area contributed by atoms with Crippen LogP contribution in [0.3, 0.4) is 0 Å². The van der Waals surface area contributed by atoms with Gasteiger partial charge in [0.2, 0.25) is 5.91 Å². The number of carbonyl (C=O) groups is 1. The van der Waals surface area contributed by atoms with Crippen molar-refractivity contribution in [3.8, 4) is 0 Å². The Morgan fingerprint density at radius 2 is 2.00 bits per heavy atom. The van der Waals surface area contributed by atoms with Crippen LogP contribution in [0.15, 0.2) is 0 Å². The van der Waals surface area contributed by atoms with Gasteiger partial charge in [0, 0.05) is 6.04 Å². The molecule has 0 aromatic rings. The summed E-state index contributed by atoms with van der Waals surface area (Å²) in [7, 11) is 0. The number of nitrogens with one attached hydrogen (secondary N) is 1.